The van der Waals surface area contributed by atoms with Gasteiger partial charge in [0.15, 0.2) is 0 Å². The molecular formula is C12H19N3O4. The predicted molar refractivity (Wildman–Crippen MR) is 69.2 cm³/mol. The van der Waals surface area contributed by atoms with Crippen LogP contribution >= 0.6 is 0 Å². The molecule has 0 aliphatic carbocycles. The van der Waals surface area contributed by atoms with Gasteiger partial charge in [0.2, 0.25) is 0 Å². The Morgan fingerprint density at radius 3 is 2.58 bits per heavy atom. The second kappa shape index (κ2) is 6.79. The number of aromatic carboxylic acids is 1. The van der Waals surface area contributed by atoms with Crippen LogP contribution in [0.5, 0.6) is 0 Å². The van der Waals surface area contributed by atoms with Gasteiger partial charge < -0.3 is 25.1 Å². The van der Waals surface area contributed by atoms with Crippen LogP contribution in [-0.2, 0) is 6.54 Å². The van der Waals surface area contributed by atoms with E-state index in [2.05, 4.69) is 10.6 Å². The van der Waals surface area contributed by atoms with E-state index < -0.39 is 5.97 Å². The van der Waals surface area contributed by atoms with Crippen molar-refractivity contribution in [1.29, 1.82) is 0 Å². The molecule has 0 fully saturated rings. The van der Waals surface area contributed by atoms with Crippen LogP contribution in [0.25, 0.3) is 0 Å². The Kier molecular flexibility index (Phi) is 5.37. The van der Waals surface area contributed by atoms with E-state index in [-0.39, 0.29) is 18.1 Å². The smallest absolute Gasteiger partial charge is 0.339 e. The number of aryl methyl sites for hydroxylation is 1. The van der Waals surface area contributed by atoms with Crippen molar-refractivity contribution in [2.45, 2.75) is 13.5 Å². The lowest BCUT2D eigenvalue weighted by molar-refractivity contribution is 0.0695. The average molecular weight is 269 g/mol. The molecule has 3 N–H and O–H groups in total. The zero-order valence-electron chi connectivity index (χ0n) is 11.3. The fourth-order valence-corrected chi connectivity index (χ4v) is 1.47. The SMILES string of the molecule is Cc1oc(CNC(=O)NCCN(C)C)cc1C(=O)O. The molecule has 0 unspecified atom stereocenters. The highest BCUT2D eigenvalue weighted by molar-refractivity contribution is 5.88. The molecule has 7 nitrogen and oxygen atoms in total. The fourth-order valence-electron chi connectivity index (χ4n) is 1.47. The highest BCUT2D eigenvalue weighted by Gasteiger charge is 2.13. The lowest BCUT2D eigenvalue weighted by atomic mass is 10.2. The van der Waals surface area contributed by atoms with E-state index >= 15 is 0 Å². The largest absolute Gasteiger partial charge is 0.478 e. The number of rotatable bonds is 6. The van der Waals surface area contributed by atoms with Crippen molar-refractivity contribution in [3.05, 3.63) is 23.2 Å². The van der Waals surface area contributed by atoms with Gasteiger partial charge in [0.25, 0.3) is 0 Å². The minimum atomic E-state index is -1.04. The molecule has 1 aromatic heterocycles. The molecule has 0 aromatic carbocycles. The van der Waals surface area contributed by atoms with Gasteiger partial charge in [-0.05, 0) is 27.1 Å². The maximum absolute atomic E-state index is 11.4. The van der Waals surface area contributed by atoms with E-state index in [9.17, 15) is 9.59 Å². The van der Waals surface area contributed by atoms with Gasteiger partial charge in [0.1, 0.15) is 17.1 Å². The third kappa shape index (κ3) is 5.01. The number of urea groups is 1. The Morgan fingerprint density at radius 1 is 1.37 bits per heavy atom. The van der Waals surface area contributed by atoms with Gasteiger partial charge in [0.05, 0.1) is 6.54 Å². The Morgan fingerprint density at radius 2 is 2.05 bits per heavy atom. The van der Waals surface area contributed by atoms with Crippen LogP contribution in [0.3, 0.4) is 0 Å². The zero-order chi connectivity index (χ0) is 14.4. The third-order valence-corrected chi connectivity index (χ3v) is 2.47. The van der Waals surface area contributed by atoms with Crippen LogP contribution in [0.1, 0.15) is 21.9 Å². The van der Waals surface area contributed by atoms with Gasteiger partial charge in [0, 0.05) is 13.1 Å². The molecule has 0 atom stereocenters. The molecule has 1 heterocycles. The van der Waals surface area contributed by atoms with Crippen LogP contribution in [0.15, 0.2) is 10.5 Å². The van der Waals surface area contributed by atoms with E-state index in [1.807, 2.05) is 19.0 Å². The van der Waals surface area contributed by atoms with Crippen molar-refractivity contribution in [1.82, 2.24) is 15.5 Å². The van der Waals surface area contributed by atoms with Gasteiger partial charge in [-0.15, -0.1) is 0 Å². The van der Waals surface area contributed by atoms with Crippen molar-refractivity contribution in [3.63, 3.8) is 0 Å². The summed E-state index contributed by atoms with van der Waals surface area (Å²) in [5.74, 6) is -0.294. The van der Waals surface area contributed by atoms with Crippen molar-refractivity contribution >= 4 is 12.0 Å². The topological polar surface area (TPSA) is 94.8 Å². The molecule has 19 heavy (non-hydrogen) atoms. The first-order valence-corrected chi connectivity index (χ1v) is 5.89. The van der Waals surface area contributed by atoms with Crippen LogP contribution in [0.4, 0.5) is 4.79 Å². The van der Waals surface area contributed by atoms with Gasteiger partial charge >= 0.3 is 12.0 Å². The second-order valence-corrected chi connectivity index (χ2v) is 4.40. The first kappa shape index (κ1) is 15.0. The van der Waals surface area contributed by atoms with Gasteiger partial charge in [-0.3, -0.25) is 0 Å². The molecule has 106 valence electrons. The summed E-state index contributed by atoms with van der Waals surface area (Å²) < 4.78 is 5.24. The highest BCUT2D eigenvalue weighted by Crippen LogP contribution is 2.14. The van der Waals surface area contributed by atoms with E-state index in [1.54, 1.807) is 6.92 Å². The average Bonchev–Trinajstić information content (AvgIpc) is 2.67. The number of carbonyl (C=O) groups excluding carboxylic acids is 1. The predicted octanol–water partition coefficient (Wildman–Crippen LogP) is 0.647. The van der Waals surface area contributed by atoms with Crippen LogP contribution < -0.4 is 10.6 Å². The maximum atomic E-state index is 11.4. The van der Waals surface area contributed by atoms with Crippen molar-refractivity contribution in [2.75, 3.05) is 27.2 Å². The summed E-state index contributed by atoms with van der Waals surface area (Å²) in [6, 6.07) is 1.10. The molecule has 1 rings (SSSR count). The normalized spacial score (nSPS) is 10.5. The van der Waals surface area contributed by atoms with E-state index in [0.717, 1.165) is 6.54 Å². The van der Waals surface area contributed by atoms with Gasteiger partial charge in [-0.1, -0.05) is 0 Å². The lowest BCUT2D eigenvalue weighted by Gasteiger charge is -2.10. The Hall–Kier alpha value is -2.02. The zero-order valence-corrected chi connectivity index (χ0v) is 11.3. The monoisotopic (exact) mass is 269 g/mol. The molecule has 0 radical (unpaired) electrons. The summed E-state index contributed by atoms with van der Waals surface area (Å²) in [5.41, 5.74) is 0.116. The summed E-state index contributed by atoms with van der Waals surface area (Å²) in [5, 5.41) is 14.1. The molecular weight excluding hydrogens is 250 g/mol. The van der Waals surface area contributed by atoms with E-state index in [0.29, 0.717) is 18.1 Å². The molecule has 0 bridgehead atoms. The Labute approximate surface area is 111 Å². The fraction of sp³-hybridized carbons (Fsp3) is 0.500. The Bertz CT molecular complexity index is 454. The quantitative estimate of drug-likeness (QED) is 0.704. The highest BCUT2D eigenvalue weighted by atomic mass is 16.4. The number of carbonyl (C=O) groups is 2. The Balaban J connectivity index is 2.38. The number of furan rings is 1. The summed E-state index contributed by atoms with van der Waals surface area (Å²) >= 11 is 0. The van der Waals surface area contributed by atoms with Crippen molar-refractivity contribution in [2.24, 2.45) is 0 Å². The third-order valence-electron chi connectivity index (χ3n) is 2.47. The minimum Gasteiger partial charge on any atom is -0.478 e. The molecule has 0 aliphatic heterocycles. The summed E-state index contributed by atoms with van der Waals surface area (Å²) in [7, 11) is 3.83. The van der Waals surface area contributed by atoms with E-state index in [4.69, 9.17) is 9.52 Å². The minimum absolute atomic E-state index is 0.116. The number of likely N-dealkylation sites (N-methyl/N-ethyl adjacent to an activating group) is 1. The molecule has 0 saturated heterocycles. The first-order chi connectivity index (χ1) is 8.90. The van der Waals surface area contributed by atoms with Crippen LogP contribution in [0, 0.1) is 6.92 Å². The van der Waals surface area contributed by atoms with Crippen molar-refractivity contribution < 1.29 is 19.1 Å². The van der Waals surface area contributed by atoms with Crippen LogP contribution in [-0.4, -0.2) is 49.2 Å². The molecule has 7 heteroatoms. The standard InChI is InChI=1S/C12H19N3O4/c1-8-10(11(16)17)6-9(19-8)7-14-12(18)13-4-5-15(2)3/h6H,4-5,7H2,1-3H3,(H,16,17)(H2,13,14,18). The number of carboxylic acids is 1. The van der Waals surface area contributed by atoms with Gasteiger partial charge in [-0.2, -0.15) is 0 Å². The van der Waals surface area contributed by atoms with E-state index in [1.165, 1.54) is 6.07 Å². The number of amides is 2. The molecule has 0 aliphatic rings. The second-order valence-electron chi connectivity index (χ2n) is 4.40. The molecule has 0 spiro atoms. The number of hydrogen-bond acceptors (Lipinski definition) is 4. The molecule has 0 saturated carbocycles. The number of hydrogen-bond donors (Lipinski definition) is 3. The number of nitrogens with one attached hydrogen (secondary N) is 2. The summed E-state index contributed by atoms with van der Waals surface area (Å²) in [6.45, 7) is 3.01. The lowest BCUT2D eigenvalue weighted by Crippen LogP contribution is -2.38. The number of carboxylic acid groups (broad SMARTS) is 1. The van der Waals surface area contributed by atoms with Gasteiger partial charge in [-0.25, -0.2) is 9.59 Å². The van der Waals surface area contributed by atoms with Crippen molar-refractivity contribution in [3.8, 4) is 0 Å². The first-order valence-electron chi connectivity index (χ1n) is 5.89. The molecule has 1 aromatic rings. The maximum Gasteiger partial charge on any atom is 0.339 e. The molecule has 2 amide bonds. The summed E-state index contributed by atoms with van der Waals surface area (Å²) in [6.07, 6.45) is 0. The number of nitrogens with zero attached hydrogens (tertiary/aromatic N) is 1. The van der Waals surface area contributed by atoms with Crippen LogP contribution in [0.2, 0.25) is 0 Å². The summed E-state index contributed by atoms with van der Waals surface area (Å²) in [4.78, 5) is 24.2.